The molecule has 3 rings (SSSR count). The number of alkyl halides is 3. The molecule has 8 heteroatoms. The van der Waals surface area contributed by atoms with Crippen LogP contribution in [0.5, 0.6) is 0 Å². The number of likely N-dealkylation sites (tertiary alicyclic amines) is 1. The summed E-state index contributed by atoms with van der Waals surface area (Å²) in [6.07, 6.45) is -1.37. The van der Waals surface area contributed by atoms with Gasteiger partial charge in [0.1, 0.15) is 0 Å². The lowest BCUT2D eigenvalue weighted by Gasteiger charge is -2.31. The zero-order chi connectivity index (χ0) is 18.0. The quantitative estimate of drug-likeness (QED) is 0.868. The summed E-state index contributed by atoms with van der Waals surface area (Å²) >= 11 is 1.24. The van der Waals surface area contributed by atoms with E-state index in [0.717, 1.165) is 51.0 Å². The van der Waals surface area contributed by atoms with Crippen LogP contribution in [0, 0.1) is 5.92 Å². The second-order valence-corrected chi connectivity index (χ2v) is 7.39. The molecule has 1 amide bonds. The fraction of sp³-hybridized carbons (Fsp3) is 0.529. The number of piperidine rings is 1. The number of anilines is 1. The largest absolute Gasteiger partial charge is 0.416 e. The van der Waals surface area contributed by atoms with Gasteiger partial charge in [0.05, 0.1) is 15.8 Å². The van der Waals surface area contributed by atoms with Crippen LogP contribution in [0.4, 0.5) is 18.3 Å². The van der Waals surface area contributed by atoms with Crippen LogP contribution in [0.25, 0.3) is 10.2 Å². The van der Waals surface area contributed by atoms with Gasteiger partial charge in [0.25, 0.3) is 0 Å². The maximum atomic E-state index is 12.8. The molecule has 4 nitrogen and oxygen atoms in total. The minimum Gasteiger partial charge on any atom is -0.361 e. The van der Waals surface area contributed by atoms with E-state index in [1.165, 1.54) is 17.4 Å². The topological polar surface area (TPSA) is 45.2 Å². The van der Waals surface area contributed by atoms with Gasteiger partial charge in [-0.15, -0.1) is 0 Å². The Morgan fingerprint density at radius 2 is 2.08 bits per heavy atom. The van der Waals surface area contributed by atoms with Crippen molar-refractivity contribution in [2.75, 3.05) is 25.0 Å². The van der Waals surface area contributed by atoms with Crippen molar-refractivity contribution in [1.82, 2.24) is 9.88 Å². The van der Waals surface area contributed by atoms with Crippen molar-refractivity contribution in [1.29, 1.82) is 0 Å². The molecule has 136 valence electrons. The third-order valence-electron chi connectivity index (χ3n) is 4.60. The number of hydrogen-bond acceptors (Lipinski definition) is 4. The van der Waals surface area contributed by atoms with Gasteiger partial charge >= 0.3 is 6.18 Å². The van der Waals surface area contributed by atoms with Crippen LogP contribution in [0.3, 0.4) is 0 Å². The fourth-order valence-corrected chi connectivity index (χ4v) is 4.03. The molecule has 1 aliphatic rings. The fourth-order valence-electron chi connectivity index (χ4n) is 3.10. The Morgan fingerprint density at radius 3 is 2.72 bits per heavy atom. The van der Waals surface area contributed by atoms with Crippen LogP contribution in [-0.2, 0) is 11.0 Å². The van der Waals surface area contributed by atoms with Crippen LogP contribution in [0.2, 0.25) is 0 Å². The first kappa shape index (κ1) is 18.0. The molecule has 0 spiro atoms. The number of nitrogens with one attached hydrogen (secondary N) is 1. The Labute approximate surface area is 148 Å². The molecule has 1 fully saturated rings. The lowest BCUT2D eigenvalue weighted by atomic mass is 9.93. The summed E-state index contributed by atoms with van der Waals surface area (Å²) in [5.74, 6) is 0.693. The van der Waals surface area contributed by atoms with Gasteiger partial charge < -0.3 is 10.2 Å². The summed E-state index contributed by atoms with van der Waals surface area (Å²) in [5.41, 5.74) is -0.0669. The van der Waals surface area contributed by atoms with Gasteiger partial charge in [-0.2, -0.15) is 13.2 Å². The molecule has 1 aromatic heterocycles. The molecule has 0 unspecified atom stereocenters. The van der Waals surface area contributed by atoms with Gasteiger partial charge in [-0.25, -0.2) is 4.98 Å². The summed E-state index contributed by atoms with van der Waals surface area (Å²) in [7, 11) is 0. The molecule has 0 aliphatic carbocycles. The van der Waals surface area contributed by atoms with Crippen LogP contribution in [-0.4, -0.2) is 35.4 Å². The number of thiazole rings is 1. The number of aromatic nitrogens is 1. The Morgan fingerprint density at radius 1 is 1.36 bits per heavy atom. The second-order valence-electron chi connectivity index (χ2n) is 6.36. The summed E-state index contributed by atoms with van der Waals surface area (Å²) in [6.45, 7) is 3.94. The molecule has 0 bridgehead atoms. The number of amides is 1. The molecule has 2 heterocycles. The Balaban J connectivity index is 1.53. The molecule has 2 aromatic rings. The molecule has 1 aliphatic heterocycles. The van der Waals surface area contributed by atoms with Crippen molar-refractivity contribution in [3.8, 4) is 0 Å². The Hall–Kier alpha value is -1.83. The lowest BCUT2D eigenvalue weighted by Crippen LogP contribution is -2.37. The van der Waals surface area contributed by atoms with E-state index in [4.69, 9.17) is 0 Å². The van der Waals surface area contributed by atoms with E-state index in [2.05, 4.69) is 10.3 Å². The summed E-state index contributed by atoms with van der Waals surface area (Å²) in [6, 6.07) is 3.63. The van der Waals surface area contributed by atoms with E-state index in [-0.39, 0.29) is 5.91 Å². The number of rotatable bonds is 4. The van der Waals surface area contributed by atoms with Crippen molar-refractivity contribution < 1.29 is 18.0 Å². The average Bonchev–Trinajstić information content (AvgIpc) is 2.96. The zero-order valence-electron chi connectivity index (χ0n) is 13.9. The molecule has 0 saturated carbocycles. The zero-order valence-corrected chi connectivity index (χ0v) is 14.7. The highest BCUT2D eigenvalue weighted by Crippen LogP contribution is 2.34. The Bertz CT molecular complexity index is 751. The third kappa shape index (κ3) is 4.42. The molecule has 1 N–H and O–H groups in total. The molecular weight excluding hydrogens is 351 g/mol. The number of hydrogen-bond donors (Lipinski definition) is 1. The third-order valence-corrected chi connectivity index (χ3v) is 5.58. The summed E-state index contributed by atoms with van der Waals surface area (Å²) in [4.78, 5) is 17.5. The number of fused-ring (bicyclic) bond motifs is 1. The number of carbonyl (C=O) groups excluding carboxylic acids is 1. The van der Waals surface area contributed by atoms with E-state index in [0.29, 0.717) is 21.3 Å². The van der Waals surface area contributed by atoms with Crippen LogP contribution < -0.4 is 5.32 Å². The Kier molecular flexibility index (Phi) is 5.17. The van der Waals surface area contributed by atoms with Crippen molar-refractivity contribution in [3.63, 3.8) is 0 Å². The smallest absolute Gasteiger partial charge is 0.361 e. The van der Waals surface area contributed by atoms with Crippen LogP contribution in [0.15, 0.2) is 18.2 Å². The molecule has 1 saturated heterocycles. The monoisotopic (exact) mass is 371 g/mol. The van der Waals surface area contributed by atoms with Crippen molar-refractivity contribution >= 4 is 32.6 Å². The number of benzene rings is 1. The average molecular weight is 371 g/mol. The standard InChI is InChI=1S/C17H20F3N3OS/c1-11(24)23-8-5-12(6-9-23)4-7-21-16-22-14-3-2-13(17(18,19)20)10-15(14)25-16/h2-3,10,12H,4-9H2,1H3,(H,21,22). The summed E-state index contributed by atoms with van der Waals surface area (Å²) in [5, 5.41) is 3.87. The SMILES string of the molecule is CC(=O)N1CCC(CCNc2nc3ccc(C(F)(F)F)cc3s2)CC1. The minimum atomic E-state index is -4.33. The van der Waals surface area contributed by atoms with E-state index < -0.39 is 11.7 Å². The van der Waals surface area contributed by atoms with Gasteiger partial charge in [-0.3, -0.25) is 4.79 Å². The van der Waals surface area contributed by atoms with Crippen molar-refractivity contribution in [3.05, 3.63) is 23.8 Å². The first-order valence-corrected chi connectivity index (χ1v) is 9.12. The second kappa shape index (κ2) is 7.19. The van der Waals surface area contributed by atoms with Gasteiger partial charge in [-0.1, -0.05) is 11.3 Å². The molecular formula is C17H20F3N3OS. The number of nitrogens with zero attached hydrogens (tertiary/aromatic N) is 2. The maximum Gasteiger partial charge on any atom is 0.416 e. The minimum absolute atomic E-state index is 0.129. The highest BCUT2D eigenvalue weighted by Gasteiger charge is 2.30. The maximum absolute atomic E-state index is 12.8. The van der Waals surface area contributed by atoms with Gasteiger partial charge in [-0.05, 0) is 43.4 Å². The normalized spacial score (nSPS) is 16.4. The van der Waals surface area contributed by atoms with Crippen molar-refractivity contribution in [2.24, 2.45) is 5.92 Å². The predicted octanol–water partition coefficient (Wildman–Crippen LogP) is 4.38. The number of halogens is 3. The first-order chi connectivity index (χ1) is 11.8. The molecule has 25 heavy (non-hydrogen) atoms. The first-order valence-electron chi connectivity index (χ1n) is 8.30. The molecule has 0 radical (unpaired) electrons. The van der Waals surface area contributed by atoms with Gasteiger partial charge in [0.2, 0.25) is 5.91 Å². The van der Waals surface area contributed by atoms with E-state index in [9.17, 15) is 18.0 Å². The van der Waals surface area contributed by atoms with Crippen LogP contribution >= 0.6 is 11.3 Å². The highest BCUT2D eigenvalue weighted by molar-refractivity contribution is 7.22. The van der Waals surface area contributed by atoms with Gasteiger partial charge in [0, 0.05) is 26.6 Å². The number of carbonyl (C=O) groups is 1. The summed E-state index contributed by atoms with van der Waals surface area (Å²) < 4.78 is 38.8. The van der Waals surface area contributed by atoms with E-state index in [1.54, 1.807) is 6.92 Å². The van der Waals surface area contributed by atoms with Gasteiger partial charge in [0.15, 0.2) is 5.13 Å². The van der Waals surface area contributed by atoms with E-state index in [1.807, 2.05) is 4.90 Å². The highest BCUT2D eigenvalue weighted by atomic mass is 32.1. The van der Waals surface area contributed by atoms with E-state index >= 15 is 0 Å². The lowest BCUT2D eigenvalue weighted by molar-refractivity contribution is -0.137. The molecule has 1 aromatic carbocycles. The van der Waals surface area contributed by atoms with Crippen molar-refractivity contribution in [2.45, 2.75) is 32.4 Å². The van der Waals surface area contributed by atoms with Crippen LogP contribution in [0.1, 0.15) is 31.7 Å². The molecule has 0 atom stereocenters. The predicted molar refractivity (Wildman–Crippen MR) is 92.7 cm³/mol.